The van der Waals surface area contributed by atoms with Crippen molar-refractivity contribution in [1.29, 1.82) is 0 Å². The van der Waals surface area contributed by atoms with Crippen molar-refractivity contribution in [3.8, 4) is 17.0 Å². The number of H-pyrrole nitrogens is 1. The number of pyridine rings is 2. The number of ether oxygens (including phenoxy) is 1. The topological polar surface area (TPSA) is 130 Å². The lowest BCUT2D eigenvalue weighted by Gasteiger charge is -2.34. The molecule has 10 nitrogen and oxygen atoms in total. The summed E-state index contributed by atoms with van der Waals surface area (Å²) in [5.74, 6) is -0.301. The van der Waals surface area contributed by atoms with Crippen LogP contribution in [0.25, 0.3) is 11.3 Å². The van der Waals surface area contributed by atoms with Crippen LogP contribution in [0.15, 0.2) is 72.0 Å². The number of carbonyl (C=O) groups is 1. The maximum Gasteiger partial charge on any atom is 0.281 e. The summed E-state index contributed by atoms with van der Waals surface area (Å²) < 4.78 is 48.0. The number of rotatable bonds is 9. The highest BCUT2D eigenvalue weighted by atomic mass is 32.2. The monoisotopic (exact) mass is 580 g/mol. The van der Waals surface area contributed by atoms with Crippen molar-refractivity contribution in [1.82, 2.24) is 24.9 Å². The van der Waals surface area contributed by atoms with Crippen molar-refractivity contribution < 1.29 is 23.8 Å². The number of anilines is 1. The SMILES string of the molecule is CC(C)COc1cc(F)cc(-c2ccc(C(=O)NS(=O)(=O)c3ccn[nH]3)c(N3CCCC(c4ccccn4)C3)n2)c1.[HH]. The summed E-state index contributed by atoms with van der Waals surface area (Å²) in [5, 5.41) is 5.78. The van der Waals surface area contributed by atoms with E-state index in [1.807, 2.05) is 36.9 Å². The first-order valence-corrected chi connectivity index (χ1v) is 14.8. The lowest BCUT2D eigenvalue weighted by molar-refractivity contribution is 0.0981. The molecule has 0 saturated carbocycles. The van der Waals surface area contributed by atoms with E-state index in [4.69, 9.17) is 9.72 Å². The minimum atomic E-state index is -4.19. The quantitative estimate of drug-likeness (QED) is 0.289. The first kappa shape index (κ1) is 28.2. The summed E-state index contributed by atoms with van der Waals surface area (Å²) in [4.78, 5) is 24.7. The Balaban J connectivity index is 0.00000405. The molecule has 0 aliphatic carbocycles. The number of amides is 1. The predicted octanol–water partition coefficient (Wildman–Crippen LogP) is 4.79. The molecule has 1 fully saturated rings. The van der Waals surface area contributed by atoms with E-state index < -0.39 is 21.7 Å². The van der Waals surface area contributed by atoms with E-state index in [1.54, 1.807) is 18.3 Å². The fraction of sp³-hybridized carbons (Fsp3) is 0.310. The second-order valence-electron chi connectivity index (χ2n) is 10.3. The molecule has 4 heterocycles. The molecule has 1 amide bonds. The molecule has 1 aliphatic heterocycles. The Morgan fingerprint density at radius 1 is 1.20 bits per heavy atom. The zero-order chi connectivity index (χ0) is 29.0. The average molecular weight is 581 g/mol. The van der Waals surface area contributed by atoms with Gasteiger partial charge in [0.25, 0.3) is 15.9 Å². The second kappa shape index (κ2) is 12.0. The van der Waals surface area contributed by atoms with Crippen LogP contribution in [0.2, 0.25) is 0 Å². The van der Waals surface area contributed by atoms with Gasteiger partial charge in [-0.3, -0.25) is 14.9 Å². The maximum absolute atomic E-state index is 14.6. The molecule has 3 aromatic heterocycles. The van der Waals surface area contributed by atoms with Crippen molar-refractivity contribution in [3.63, 3.8) is 0 Å². The molecule has 4 aromatic rings. The number of aromatic amines is 1. The third-order valence-electron chi connectivity index (χ3n) is 6.69. The van der Waals surface area contributed by atoms with Crippen LogP contribution >= 0.6 is 0 Å². The number of aromatic nitrogens is 4. The van der Waals surface area contributed by atoms with Crippen LogP contribution in [0.4, 0.5) is 10.2 Å². The van der Waals surface area contributed by atoms with Crippen LogP contribution in [0.1, 0.15) is 50.1 Å². The van der Waals surface area contributed by atoms with Gasteiger partial charge in [0.1, 0.15) is 17.4 Å². The molecular weight excluding hydrogens is 547 g/mol. The van der Waals surface area contributed by atoms with E-state index in [9.17, 15) is 17.6 Å². The Hall–Kier alpha value is -4.32. The van der Waals surface area contributed by atoms with E-state index in [1.165, 1.54) is 30.5 Å². The van der Waals surface area contributed by atoms with E-state index in [-0.39, 0.29) is 23.9 Å². The smallest absolute Gasteiger partial charge is 0.281 e. The van der Waals surface area contributed by atoms with Crippen LogP contribution < -0.4 is 14.4 Å². The van der Waals surface area contributed by atoms with Gasteiger partial charge in [-0.05, 0) is 61.2 Å². The number of carbonyl (C=O) groups excluding carboxylic acids is 1. The number of sulfonamides is 1. The number of halogens is 1. The number of benzene rings is 1. The van der Waals surface area contributed by atoms with Crippen molar-refractivity contribution >= 4 is 21.7 Å². The van der Waals surface area contributed by atoms with Crippen molar-refractivity contribution in [2.24, 2.45) is 5.92 Å². The molecule has 2 N–H and O–H groups in total. The molecule has 1 aliphatic rings. The first-order chi connectivity index (χ1) is 19.7. The molecule has 1 aromatic carbocycles. The third-order valence-corrected chi connectivity index (χ3v) is 7.95. The number of piperidine rings is 1. The molecule has 0 spiro atoms. The molecule has 12 heteroatoms. The van der Waals surface area contributed by atoms with Gasteiger partial charge >= 0.3 is 0 Å². The van der Waals surface area contributed by atoms with Crippen LogP contribution in [0, 0.1) is 11.7 Å². The minimum Gasteiger partial charge on any atom is -0.493 e. The molecule has 1 unspecified atom stereocenters. The Morgan fingerprint density at radius 2 is 2.05 bits per heavy atom. The number of nitrogens with one attached hydrogen (secondary N) is 2. The number of nitrogens with zero attached hydrogens (tertiary/aromatic N) is 4. The van der Waals surface area contributed by atoms with E-state index in [0.717, 1.165) is 18.5 Å². The summed E-state index contributed by atoms with van der Waals surface area (Å²) in [5.41, 5.74) is 1.90. The van der Waals surface area contributed by atoms with Gasteiger partial charge in [0.05, 0.1) is 24.1 Å². The fourth-order valence-electron chi connectivity index (χ4n) is 4.74. The van der Waals surface area contributed by atoms with Crippen LogP contribution in [-0.2, 0) is 10.0 Å². The fourth-order valence-corrected chi connectivity index (χ4v) is 5.61. The minimum absolute atomic E-state index is 0. The van der Waals surface area contributed by atoms with Gasteiger partial charge in [-0.1, -0.05) is 19.9 Å². The van der Waals surface area contributed by atoms with Crippen LogP contribution in [-0.4, -0.2) is 54.2 Å². The van der Waals surface area contributed by atoms with Gasteiger partial charge < -0.3 is 9.64 Å². The molecule has 5 rings (SSSR count). The molecule has 1 saturated heterocycles. The van der Waals surface area contributed by atoms with Gasteiger partial charge in [-0.25, -0.2) is 14.1 Å². The van der Waals surface area contributed by atoms with Crippen molar-refractivity contribution in [3.05, 3.63) is 84.1 Å². The summed E-state index contributed by atoms with van der Waals surface area (Å²) in [6.07, 6.45) is 4.75. The highest BCUT2D eigenvalue weighted by Gasteiger charge is 2.29. The summed E-state index contributed by atoms with van der Waals surface area (Å²) in [7, 11) is -4.19. The van der Waals surface area contributed by atoms with Crippen LogP contribution in [0.3, 0.4) is 0 Å². The lowest BCUT2D eigenvalue weighted by Crippen LogP contribution is -2.38. The zero-order valence-corrected chi connectivity index (χ0v) is 23.6. The Bertz CT molecular complexity index is 1620. The number of hydrogen-bond donors (Lipinski definition) is 2. The molecule has 0 bridgehead atoms. The molecule has 1 atom stereocenters. The predicted molar refractivity (Wildman–Crippen MR) is 154 cm³/mol. The lowest BCUT2D eigenvalue weighted by atomic mass is 9.94. The third kappa shape index (κ3) is 6.71. The average Bonchev–Trinajstić information content (AvgIpc) is 3.52. The second-order valence-corrected chi connectivity index (χ2v) is 12.0. The molecule has 0 radical (unpaired) electrons. The molecular formula is C29H33FN6O4S. The largest absolute Gasteiger partial charge is 0.493 e. The normalized spacial score (nSPS) is 15.6. The van der Waals surface area contributed by atoms with Gasteiger partial charge in [-0.15, -0.1) is 0 Å². The Morgan fingerprint density at radius 3 is 2.78 bits per heavy atom. The van der Waals surface area contributed by atoms with Crippen LogP contribution in [0.5, 0.6) is 5.75 Å². The standard InChI is InChI=1S/C29H31FN6O4S.H2/c1-19(2)18-40-23-15-21(14-22(30)16-23)26-9-8-24(29(37)35-41(38,39)27-10-12-32-34-27)28(33-26)36-13-5-6-20(17-36)25-7-3-4-11-31-25;/h3-4,7-12,14-16,19-20H,5-6,13,17-18H2,1-2H3,(H,32,34)(H,35,37);1H. The first-order valence-electron chi connectivity index (χ1n) is 13.4. The van der Waals surface area contributed by atoms with E-state index in [0.29, 0.717) is 42.5 Å². The summed E-state index contributed by atoms with van der Waals surface area (Å²) in [6, 6.07) is 14.5. The summed E-state index contributed by atoms with van der Waals surface area (Å²) in [6.45, 7) is 5.54. The molecule has 41 heavy (non-hydrogen) atoms. The van der Waals surface area contributed by atoms with Gasteiger partial charge in [0.2, 0.25) is 0 Å². The van der Waals surface area contributed by atoms with E-state index >= 15 is 0 Å². The maximum atomic E-state index is 14.6. The Kier molecular flexibility index (Phi) is 8.29. The Labute approximate surface area is 239 Å². The van der Waals surface area contributed by atoms with E-state index in [2.05, 4.69) is 19.9 Å². The molecule has 216 valence electrons. The highest BCUT2D eigenvalue weighted by Crippen LogP contribution is 2.33. The summed E-state index contributed by atoms with van der Waals surface area (Å²) >= 11 is 0. The van der Waals surface area contributed by atoms with Crippen molar-refractivity contribution in [2.75, 3.05) is 24.6 Å². The number of hydrogen-bond acceptors (Lipinski definition) is 8. The van der Waals surface area contributed by atoms with Gasteiger partial charge in [0.15, 0.2) is 5.03 Å². The van der Waals surface area contributed by atoms with Gasteiger partial charge in [-0.2, -0.15) is 13.5 Å². The zero-order valence-electron chi connectivity index (χ0n) is 22.7. The highest BCUT2D eigenvalue weighted by molar-refractivity contribution is 7.90. The van der Waals surface area contributed by atoms with Crippen molar-refractivity contribution in [2.45, 2.75) is 37.6 Å². The van der Waals surface area contributed by atoms with Gasteiger partial charge in [0, 0.05) is 44.0 Å².